The summed E-state index contributed by atoms with van der Waals surface area (Å²) in [6.45, 7) is 2.39. The van der Waals surface area contributed by atoms with Crippen LogP contribution in [0.4, 0.5) is 0 Å². The summed E-state index contributed by atoms with van der Waals surface area (Å²) < 4.78 is 11.7. The Morgan fingerprint density at radius 2 is 1.25 bits per heavy atom. The number of imide groups is 2. The fraction of sp³-hybridized carbons (Fsp3) is 0.333. The maximum atomic E-state index is 11.8. The zero-order chi connectivity index (χ0) is 22.7. The Morgan fingerprint density at radius 3 is 1.69 bits per heavy atom. The lowest BCUT2D eigenvalue weighted by Gasteiger charge is -2.16. The number of hydrogen-bond donors (Lipinski definition) is 2. The van der Waals surface area contributed by atoms with E-state index in [1.54, 1.807) is 48.5 Å². The second kappa shape index (κ2) is 9.21. The summed E-state index contributed by atoms with van der Waals surface area (Å²) in [7, 11) is 0. The molecule has 2 aromatic carbocycles. The molecule has 2 aliphatic rings. The van der Waals surface area contributed by atoms with E-state index in [0.29, 0.717) is 24.5 Å². The summed E-state index contributed by atoms with van der Waals surface area (Å²) in [6, 6.07) is 14.4. The Kier molecular flexibility index (Phi) is 6.20. The van der Waals surface area contributed by atoms with E-state index < -0.39 is 11.8 Å². The van der Waals surface area contributed by atoms with Gasteiger partial charge in [-0.3, -0.25) is 29.8 Å². The molecule has 2 saturated heterocycles. The third kappa shape index (κ3) is 4.96. The lowest BCUT2D eigenvalue weighted by Crippen LogP contribution is -2.21. The fourth-order valence-electron chi connectivity index (χ4n) is 3.85. The third-order valence-electron chi connectivity index (χ3n) is 5.63. The van der Waals surface area contributed by atoms with Crippen LogP contribution in [-0.2, 0) is 19.2 Å². The van der Waals surface area contributed by atoms with Crippen LogP contribution >= 0.6 is 0 Å². The highest BCUT2D eigenvalue weighted by Crippen LogP contribution is 2.27. The van der Waals surface area contributed by atoms with Gasteiger partial charge in [0.25, 0.3) is 0 Å². The third-order valence-corrected chi connectivity index (χ3v) is 5.63. The zero-order valence-corrected chi connectivity index (χ0v) is 17.6. The van der Waals surface area contributed by atoms with Crippen LogP contribution in [-0.4, -0.2) is 36.3 Å². The summed E-state index contributed by atoms with van der Waals surface area (Å²) in [5, 5.41) is 4.63. The topological polar surface area (TPSA) is 111 Å². The van der Waals surface area contributed by atoms with Crippen molar-refractivity contribution in [2.24, 2.45) is 0 Å². The van der Waals surface area contributed by atoms with E-state index in [1.165, 1.54) is 0 Å². The molecule has 2 aliphatic heterocycles. The molecule has 0 radical (unpaired) electrons. The molecule has 0 saturated carbocycles. The molecule has 0 aromatic heterocycles. The van der Waals surface area contributed by atoms with E-state index in [1.807, 2.05) is 6.92 Å². The number of carbonyl (C=O) groups is 4. The highest BCUT2D eigenvalue weighted by Gasteiger charge is 2.32. The van der Waals surface area contributed by atoms with Gasteiger partial charge < -0.3 is 9.47 Å². The van der Waals surface area contributed by atoms with Crippen molar-refractivity contribution in [3.8, 4) is 11.5 Å². The van der Waals surface area contributed by atoms with Crippen LogP contribution in [0, 0.1) is 0 Å². The van der Waals surface area contributed by atoms with Crippen LogP contribution in [0.5, 0.6) is 11.5 Å². The van der Waals surface area contributed by atoms with Gasteiger partial charge in [0.15, 0.2) is 0 Å². The minimum absolute atomic E-state index is 0.0929. The van der Waals surface area contributed by atoms with Gasteiger partial charge in [-0.25, -0.2) is 0 Å². The lowest BCUT2D eigenvalue weighted by atomic mass is 9.97. The molecule has 3 atom stereocenters. The van der Waals surface area contributed by atoms with E-state index in [4.69, 9.17) is 9.47 Å². The standard InChI is InChI=1S/C24H24N2O6/c1-14(32-18-8-4-16(5-9-18)20-13-22(28)26-24(20)30)10-11-31-17-6-2-15(3-7-17)19-12-21(27)25-23(19)29/h2-9,14,19-20H,10-13H2,1H3,(H,25,27,29)(H,26,28,30)/t14-,19+,20-/m0/s1. The molecule has 0 spiro atoms. The van der Waals surface area contributed by atoms with E-state index in [0.717, 1.165) is 11.1 Å². The van der Waals surface area contributed by atoms with Gasteiger partial charge in [-0.15, -0.1) is 0 Å². The smallest absolute Gasteiger partial charge is 0.234 e. The molecule has 2 aromatic rings. The number of amides is 4. The van der Waals surface area contributed by atoms with Crippen molar-refractivity contribution in [3.05, 3.63) is 59.7 Å². The van der Waals surface area contributed by atoms with Crippen molar-refractivity contribution in [2.45, 2.75) is 44.1 Å². The molecule has 8 nitrogen and oxygen atoms in total. The van der Waals surface area contributed by atoms with Gasteiger partial charge in [-0.05, 0) is 42.3 Å². The van der Waals surface area contributed by atoms with E-state index >= 15 is 0 Å². The zero-order valence-electron chi connectivity index (χ0n) is 17.6. The summed E-state index contributed by atoms with van der Waals surface area (Å²) in [4.78, 5) is 46.3. The molecular formula is C24H24N2O6. The highest BCUT2D eigenvalue weighted by molar-refractivity contribution is 6.06. The van der Waals surface area contributed by atoms with E-state index in [9.17, 15) is 19.2 Å². The summed E-state index contributed by atoms with van der Waals surface area (Å²) >= 11 is 0. The number of nitrogens with one attached hydrogen (secondary N) is 2. The van der Waals surface area contributed by atoms with Crippen molar-refractivity contribution in [1.29, 1.82) is 0 Å². The van der Waals surface area contributed by atoms with Crippen LogP contribution in [0.25, 0.3) is 0 Å². The van der Waals surface area contributed by atoms with Crippen molar-refractivity contribution in [2.75, 3.05) is 6.61 Å². The molecule has 0 unspecified atom stereocenters. The normalized spacial score (nSPS) is 21.3. The molecule has 2 N–H and O–H groups in total. The minimum atomic E-state index is -0.433. The summed E-state index contributed by atoms with van der Waals surface area (Å²) in [5.74, 6) is -0.521. The first-order valence-corrected chi connectivity index (χ1v) is 10.6. The molecular weight excluding hydrogens is 412 g/mol. The Labute approximate surface area is 185 Å². The van der Waals surface area contributed by atoms with Crippen LogP contribution < -0.4 is 20.1 Å². The average molecular weight is 436 g/mol. The molecule has 2 heterocycles. The van der Waals surface area contributed by atoms with Crippen molar-refractivity contribution in [3.63, 3.8) is 0 Å². The Hall–Kier alpha value is -3.68. The summed E-state index contributed by atoms with van der Waals surface area (Å²) in [6.07, 6.45) is 0.924. The quantitative estimate of drug-likeness (QED) is 0.614. The largest absolute Gasteiger partial charge is 0.493 e. The first-order chi connectivity index (χ1) is 15.4. The second-order valence-corrected chi connectivity index (χ2v) is 8.04. The second-order valence-electron chi connectivity index (χ2n) is 8.04. The van der Waals surface area contributed by atoms with Gasteiger partial charge in [-0.1, -0.05) is 24.3 Å². The Bertz CT molecular complexity index is 1030. The maximum absolute atomic E-state index is 11.8. The van der Waals surface area contributed by atoms with Crippen LogP contribution in [0.2, 0.25) is 0 Å². The minimum Gasteiger partial charge on any atom is -0.493 e. The van der Waals surface area contributed by atoms with Crippen LogP contribution in [0.3, 0.4) is 0 Å². The SMILES string of the molecule is C[C@@H](CCOc1ccc([C@H]2CC(=O)NC2=O)cc1)Oc1ccc([C@@H]2CC(=O)NC2=O)cc1. The number of rotatable bonds is 8. The number of ether oxygens (including phenoxy) is 2. The number of carbonyl (C=O) groups excluding carboxylic acids is 4. The van der Waals surface area contributed by atoms with Crippen molar-refractivity contribution in [1.82, 2.24) is 10.6 Å². The molecule has 4 rings (SSSR count). The van der Waals surface area contributed by atoms with E-state index in [-0.39, 0.29) is 42.6 Å². The fourth-order valence-corrected chi connectivity index (χ4v) is 3.85. The highest BCUT2D eigenvalue weighted by atomic mass is 16.5. The molecule has 166 valence electrons. The van der Waals surface area contributed by atoms with Crippen LogP contribution in [0.1, 0.15) is 49.1 Å². The first kappa shape index (κ1) is 21.5. The van der Waals surface area contributed by atoms with E-state index in [2.05, 4.69) is 10.6 Å². The van der Waals surface area contributed by atoms with Gasteiger partial charge in [0.05, 0.1) is 24.5 Å². The Balaban J connectivity index is 1.22. The van der Waals surface area contributed by atoms with Crippen molar-refractivity contribution < 1.29 is 28.7 Å². The lowest BCUT2D eigenvalue weighted by molar-refractivity contribution is -0.126. The predicted molar refractivity (Wildman–Crippen MR) is 114 cm³/mol. The average Bonchev–Trinajstić information content (AvgIpc) is 3.28. The maximum Gasteiger partial charge on any atom is 0.234 e. The van der Waals surface area contributed by atoms with Crippen molar-refractivity contribution >= 4 is 23.6 Å². The van der Waals surface area contributed by atoms with Gasteiger partial charge in [0.2, 0.25) is 23.6 Å². The monoisotopic (exact) mass is 436 g/mol. The van der Waals surface area contributed by atoms with Gasteiger partial charge in [0.1, 0.15) is 11.5 Å². The van der Waals surface area contributed by atoms with Gasteiger partial charge in [0, 0.05) is 19.3 Å². The molecule has 2 fully saturated rings. The Morgan fingerprint density at radius 1 is 0.781 bits per heavy atom. The summed E-state index contributed by atoms with van der Waals surface area (Å²) in [5.41, 5.74) is 1.58. The number of benzene rings is 2. The molecule has 0 aliphatic carbocycles. The number of hydrogen-bond acceptors (Lipinski definition) is 6. The molecule has 32 heavy (non-hydrogen) atoms. The molecule has 4 amide bonds. The van der Waals surface area contributed by atoms with Crippen LogP contribution in [0.15, 0.2) is 48.5 Å². The first-order valence-electron chi connectivity index (χ1n) is 10.6. The predicted octanol–water partition coefficient (Wildman–Crippen LogP) is 2.18. The van der Waals surface area contributed by atoms with Gasteiger partial charge >= 0.3 is 0 Å². The van der Waals surface area contributed by atoms with Gasteiger partial charge in [-0.2, -0.15) is 0 Å². The molecule has 0 bridgehead atoms. The molecule has 8 heteroatoms.